The molecular formula is C21H31N7O14P2. The smallest absolute Gasteiger partial charge is 0.387 e. The zero-order valence-corrected chi connectivity index (χ0v) is 24.4. The first-order valence-electron chi connectivity index (χ1n) is 13.0. The zero-order valence-electron chi connectivity index (χ0n) is 22.6. The number of nitrogen functional groups attached to an aromatic ring is 1. The summed E-state index contributed by atoms with van der Waals surface area (Å²) in [6, 6.07) is 0. The predicted octanol–water partition coefficient (Wildman–Crippen LogP) is -2.95. The number of phosphoric ester groups is 2. The van der Waals surface area contributed by atoms with Crippen molar-refractivity contribution in [3.05, 3.63) is 24.9 Å². The third kappa shape index (κ3) is 6.80. The van der Waals surface area contributed by atoms with Crippen LogP contribution in [-0.2, 0) is 36.8 Å². The highest BCUT2D eigenvalue weighted by atomic mass is 31.3. The van der Waals surface area contributed by atoms with Crippen LogP contribution < -0.4 is 11.5 Å². The number of carbonyl (C=O) groups excluding carboxylic acids is 1. The number of nitrogens with two attached hydrogens (primary N) is 2. The normalized spacial score (nSPS) is 35.1. The van der Waals surface area contributed by atoms with Gasteiger partial charge in [-0.3, -0.25) is 18.4 Å². The van der Waals surface area contributed by atoms with Gasteiger partial charge in [0.15, 0.2) is 23.9 Å². The Morgan fingerprint density at radius 2 is 1.55 bits per heavy atom. The average Bonchev–Trinajstić information content (AvgIpc) is 3.61. The van der Waals surface area contributed by atoms with Crippen molar-refractivity contribution < 1.29 is 67.0 Å². The van der Waals surface area contributed by atoms with E-state index in [0.29, 0.717) is 6.42 Å². The predicted molar refractivity (Wildman–Crippen MR) is 142 cm³/mol. The number of ether oxygens (including phenoxy) is 2. The quantitative estimate of drug-likeness (QED) is 0.111. The molecule has 0 aliphatic carbocycles. The highest BCUT2D eigenvalue weighted by Gasteiger charge is 2.48. The molecule has 2 unspecified atom stereocenters. The monoisotopic (exact) mass is 667 g/mol. The Hall–Kier alpha value is -2.62. The third-order valence-corrected chi connectivity index (χ3v) is 9.83. The Morgan fingerprint density at radius 1 is 0.955 bits per heavy atom. The Labute approximate surface area is 247 Å². The fraction of sp³-hybridized carbons (Fsp3) is 0.619. The Balaban J connectivity index is 1.14. The van der Waals surface area contributed by atoms with Gasteiger partial charge in [0.05, 0.1) is 25.5 Å². The van der Waals surface area contributed by atoms with Crippen molar-refractivity contribution in [1.82, 2.24) is 24.4 Å². The fourth-order valence-corrected chi connectivity index (χ4v) is 7.04. The highest BCUT2D eigenvalue weighted by molar-refractivity contribution is 7.61. The number of carbonyl (C=O) groups is 1. The van der Waals surface area contributed by atoms with Gasteiger partial charge in [0, 0.05) is 6.54 Å². The Kier molecular flexibility index (Phi) is 9.41. The molecule has 1 amide bonds. The molecule has 10 N–H and O–H groups in total. The Morgan fingerprint density at radius 3 is 2.16 bits per heavy atom. The second kappa shape index (κ2) is 12.6. The number of aromatic nitrogens is 4. The van der Waals surface area contributed by atoms with E-state index in [9.17, 15) is 44.1 Å². The van der Waals surface area contributed by atoms with Crippen LogP contribution in [0.1, 0.15) is 12.6 Å². The SMILES string of the molecule is NC(=O)[C@H]1CC=CN([C@@H]2O[C@H](COP(=O)(O)OP(=O)(O)OC[C@H]3O[C@@H](n4cnc5c(N)ncnc54)[C@H](O)[C@@H]3O)[C@@H](O)[C@H]2O)C1. The molecular weight excluding hydrogens is 636 g/mol. The highest BCUT2D eigenvalue weighted by Crippen LogP contribution is 2.60. The van der Waals surface area contributed by atoms with Gasteiger partial charge in [-0.05, 0) is 12.6 Å². The lowest BCUT2D eigenvalue weighted by atomic mass is 10.0. The van der Waals surface area contributed by atoms with Crippen LogP contribution in [0.3, 0.4) is 0 Å². The van der Waals surface area contributed by atoms with E-state index in [1.807, 2.05) is 0 Å². The summed E-state index contributed by atoms with van der Waals surface area (Å²) >= 11 is 0. The molecule has 3 aliphatic heterocycles. The first kappa shape index (κ1) is 32.8. The van der Waals surface area contributed by atoms with Crippen LogP contribution in [0.15, 0.2) is 24.9 Å². The van der Waals surface area contributed by atoms with Crippen molar-refractivity contribution >= 4 is 38.5 Å². The number of fused-ring (bicyclic) bond motifs is 1. The molecule has 0 bridgehead atoms. The van der Waals surface area contributed by atoms with Crippen LogP contribution in [0.5, 0.6) is 0 Å². The number of phosphoric acid groups is 2. The van der Waals surface area contributed by atoms with Gasteiger partial charge in [-0.2, -0.15) is 4.31 Å². The number of hydrogen-bond acceptors (Lipinski definition) is 17. The molecule has 23 heteroatoms. The number of amides is 1. The largest absolute Gasteiger partial charge is 0.481 e. The second-order valence-corrected chi connectivity index (χ2v) is 13.2. The van der Waals surface area contributed by atoms with Crippen molar-refractivity contribution in [3.8, 4) is 0 Å². The lowest BCUT2D eigenvalue weighted by Gasteiger charge is -2.34. The maximum Gasteiger partial charge on any atom is 0.481 e. The van der Waals surface area contributed by atoms with Crippen LogP contribution in [-0.4, -0.2) is 123 Å². The first-order chi connectivity index (χ1) is 20.7. The third-order valence-electron chi connectivity index (χ3n) is 7.22. The number of aliphatic hydroxyl groups is 4. The molecule has 2 aromatic heterocycles. The van der Waals surface area contributed by atoms with Gasteiger partial charge in [-0.1, -0.05) is 6.08 Å². The van der Waals surface area contributed by atoms with Crippen molar-refractivity contribution in [2.45, 2.75) is 55.5 Å². The fourth-order valence-electron chi connectivity index (χ4n) is 4.95. The molecule has 2 fully saturated rings. The number of nitrogens with zero attached hydrogens (tertiary/aromatic N) is 5. The summed E-state index contributed by atoms with van der Waals surface area (Å²) < 4.78 is 50.9. The average molecular weight is 667 g/mol. The summed E-state index contributed by atoms with van der Waals surface area (Å²) in [6.07, 6.45) is -5.70. The molecule has 2 aromatic rings. The lowest BCUT2D eigenvalue weighted by molar-refractivity contribution is -0.125. The molecule has 3 aliphatic rings. The van der Waals surface area contributed by atoms with Gasteiger partial charge in [0.1, 0.15) is 48.5 Å². The van der Waals surface area contributed by atoms with Gasteiger partial charge >= 0.3 is 15.6 Å². The summed E-state index contributed by atoms with van der Waals surface area (Å²) in [7, 11) is -10.7. The number of anilines is 1. The molecule has 5 rings (SSSR count). The summed E-state index contributed by atoms with van der Waals surface area (Å²) in [5.41, 5.74) is 11.5. The number of primary amides is 1. The minimum Gasteiger partial charge on any atom is -0.387 e. The van der Waals surface area contributed by atoms with E-state index in [1.54, 1.807) is 6.08 Å². The van der Waals surface area contributed by atoms with Crippen molar-refractivity contribution in [2.24, 2.45) is 11.7 Å². The second-order valence-electron chi connectivity index (χ2n) is 10.2. The summed E-state index contributed by atoms with van der Waals surface area (Å²) in [4.78, 5) is 44.9. The van der Waals surface area contributed by atoms with E-state index >= 15 is 0 Å². The molecule has 0 spiro atoms. The van der Waals surface area contributed by atoms with Crippen molar-refractivity contribution in [1.29, 1.82) is 0 Å². The molecule has 44 heavy (non-hydrogen) atoms. The van der Waals surface area contributed by atoms with Crippen LogP contribution >= 0.6 is 15.6 Å². The lowest BCUT2D eigenvalue weighted by Crippen LogP contribution is -2.46. The molecule has 5 heterocycles. The van der Waals surface area contributed by atoms with Crippen LogP contribution in [0, 0.1) is 5.92 Å². The van der Waals surface area contributed by atoms with Gasteiger partial charge in [0.25, 0.3) is 0 Å². The van der Waals surface area contributed by atoms with E-state index in [4.69, 9.17) is 30.0 Å². The van der Waals surface area contributed by atoms with Crippen molar-refractivity contribution in [2.75, 3.05) is 25.5 Å². The van der Waals surface area contributed by atoms with Gasteiger partial charge in [-0.25, -0.2) is 24.1 Å². The molecule has 11 atom stereocenters. The number of imidazole rings is 1. The summed E-state index contributed by atoms with van der Waals surface area (Å²) in [6.45, 7) is -1.68. The van der Waals surface area contributed by atoms with E-state index < -0.39 is 89.8 Å². The van der Waals surface area contributed by atoms with Crippen LogP contribution in [0.25, 0.3) is 11.2 Å². The Bertz CT molecular complexity index is 1500. The van der Waals surface area contributed by atoms with Gasteiger partial charge in [0.2, 0.25) is 5.91 Å². The van der Waals surface area contributed by atoms with Crippen LogP contribution in [0.2, 0.25) is 0 Å². The van der Waals surface area contributed by atoms with Crippen molar-refractivity contribution in [3.63, 3.8) is 0 Å². The topological polar surface area (TPSA) is 318 Å². The molecule has 244 valence electrons. The van der Waals surface area contributed by atoms with E-state index in [1.165, 1.54) is 22.0 Å². The summed E-state index contributed by atoms with van der Waals surface area (Å²) in [5, 5.41) is 41.7. The van der Waals surface area contributed by atoms with E-state index in [-0.39, 0.29) is 23.5 Å². The molecule has 0 saturated carbocycles. The number of rotatable bonds is 11. The molecule has 2 saturated heterocycles. The van der Waals surface area contributed by atoms with Gasteiger partial charge < -0.3 is 56.1 Å². The van der Waals surface area contributed by atoms with E-state index in [0.717, 1.165) is 6.33 Å². The number of allylic oxidation sites excluding steroid dienone is 1. The standard InChI is InChI=1S/C21H31N7O14P2/c22-17-12-19(25-7-24-17)28(8-26-12)21-16(32)14(30)11(41-21)6-39-44(36,37)42-43(34,35)38-5-10-13(29)15(31)20(40-10)27-3-1-2-9(4-27)18(23)33/h1,3,7-11,13-16,20-21,29-32H,2,4-6H2,(H2,23,33)(H,34,35)(H,36,37)(H2,22,24,25)/t9-,10+,11+,13+,14+,15+,16+,20+,21+/m0/s1. The zero-order chi connectivity index (χ0) is 32.0. The minimum absolute atomic E-state index is 0.0539. The maximum atomic E-state index is 12.4. The minimum atomic E-state index is -5.36. The summed E-state index contributed by atoms with van der Waals surface area (Å²) in [5.74, 6) is -1.09. The molecule has 21 nitrogen and oxygen atoms in total. The van der Waals surface area contributed by atoms with Gasteiger partial charge in [-0.15, -0.1) is 0 Å². The van der Waals surface area contributed by atoms with E-state index in [2.05, 4.69) is 19.3 Å². The number of hydrogen-bond donors (Lipinski definition) is 8. The molecule has 0 radical (unpaired) electrons. The van der Waals surface area contributed by atoms with Crippen LogP contribution in [0.4, 0.5) is 5.82 Å². The maximum absolute atomic E-state index is 12.4. The number of aliphatic hydroxyl groups excluding tert-OH is 4. The molecule has 0 aromatic carbocycles. The first-order valence-corrected chi connectivity index (χ1v) is 16.0.